The first-order valence-electron chi connectivity index (χ1n) is 16.3. The maximum Gasteiger partial charge on any atom is 0.320 e. The normalized spacial score (nSPS) is 38.8. The minimum absolute atomic E-state index is 0.110. The lowest BCUT2D eigenvalue weighted by Gasteiger charge is -2.58. The molecule has 0 aromatic rings. The van der Waals surface area contributed by atoms with Crippen LogP contribution in [-0.2, 0) is 4.79 Å². The first kappa shape index (κ1) is 29.0. The Morgan fingerprint density at radius 3 is 2.38 bits per heavy atom. The Hall–Kier alpha value is -1.56. The number of rotatable bonds is 6. The fourth-order valence-electron chi connectivity index (χ4n) is 10.2. The molecule has 0 radical (unpaired) electrons. The van der Waals surface area contributed by atoms with Crippen LogP contribution in [0.3, 0.4) is 0 Å². The number of aliphatic hydroxyl groups is 1. The predicted molar refractivity (Wildman–Crippen MR) is 156 cm³/mol. The van der Waals surface area contributed by atoms with Crippen LogP contribution < -0.4 is 0 Å². The van der Waals surface area contributed by atoms with Crippen LogP contribution in [-0.4, -0.2) is 77.1 Å². The largest absolute Gasteiger partial charge is 0.393 e. The highest BCUT2D eigenvalue weighted by atomic mass is 16.3. The summed E-state index contributed by atoms with van der Waals surface area (Å²) >= 11 is 0. The summed E-state index contributed by atoms with van der Waals surface area (Å²) < 4.78 is 0. The van der Waals surface area contributed by atoms with E-state index in [0.717, 1.165) is 56.5 Å². The van der Waals surface area contributed by atoms with Gasteiger partial charge in [-0.15, -0.1) is 0 Å². The summed E-state index contributed by atoms with van der Waals surface area (Å²) in [4.78, 5) is 31.6. The highest BCUT2D eigenvalue weighted by Gasteiger charge is 2.59. The van der Waals surface area contributed by atoms with Gasteiger partial charge in [-0.1, -0.05) is 32.4 Å². The summed E-state index contributed by atoms with van der Waals surface area (Å²) in [7, 11) is 0. The number of piperazine rings is 1. The molecule has 0 spiro atoms. The van der Waals surface area contributed by atoms with Crippen molar-refractivity contribution in [2.45, 2.75) is 105 Å². The number of fused-ring (bicyclic) bond motifs is 5. The van der Waals surface area contributed by atoms with E-state index in [1.165, 1.54) is 32.1 Å². The molecule has 220 valence electrons. The van der Waals surface area contributed by atoms with Crippen molar-refractivity contribution in [1.29, 1.82) is 0 Å². The van der Waals surface area contributed by atoms with Crippen LogP contribution in [0.2, 0.25) is 0 Å². The average molecular weight is 542 g/mol. The number of hydrogen-bond donors (Lipinski definition) is 1. The number of carbonyl (C=O) groups is 2. The molecule has 0 unspecified atom stereocenters. The average Bonchev–Trinajstić information content (AvgIpc) is 3.30. The van der Waals surface area contributed by atoms with Gasteiger partial charge in [-0.25, -0.2) is 4.79 Å². The van der Waals surface area contributed by atoms with Gasteiger partial charge in [0.2, 0.25) is 5.91 Å². The molecule has 0 aromatic heterocycles. The first-order valence-corrected chi connectivity index (χ1v) is 16.3. The molecule has 6 nitrogen and oxygen atoms in total. The molecule has 1 N–H and O–H groups in total. The van der Waals surface area contributed by atoms with E-state index in [4.69, 9.17) is 0 Å². The number of carbonyl (C=O) groups excluding carboxylic acids is 2. The van der Waals surface area contributed by atoms with Gasteiger partial charge in [-0.3, -0.25) is 4.79 Å². The van der Waals surface area contributed by atoms with Gasteiger partial charge in [0.05, 0.1) is 6.10 Å². The number of aliphatic hydroxyl groups excluding tert-OH is 1. The lowest BCUT2D eigenvalue weighted by molar-refractivity contribution is -0.133. The van der Waals surface area contributed by atoms with Crippen LogP contribution in [0.5, 0.6) is 0 Å². The van der Waals surface area contributed by atoms with Gasteiger partial charge in [-0.05, 0) is 112 Å². The number of allylic oxidation sites excluding steroid dienone is 1. The minimum Gasteiger partial charge on any atom is -0.393 e. The van der Waals surface area contributed by atoms with Crippen LogP contribution in [0, 0.1) is 40.4 Å². The summed E-state index contributed by atoms with van der Waals surface area (Å²) in [5, 5.41) is 10.3. The maximum atomic E-state index is 13.2. The molecule has 0 bridgehead atoms. The highest BCUT2D eigenvalue weighted by molar-refractivity contribution is 5.77. The van der Waals surface area contributed by atoms with Crippen molar-refractivity contribution in [2.75, 3.05) is 39.3 Å². The number of amides is 3. The van der Waals surface area contributed by atoms with Gasteiger partial charge >= 0.3 is 6.03 Å². The Kier molecular flexibility index (Phi) is 8.44. The molecule has 3 saturated carbocycles. The van der Waals surface area contributed by atoms with E-state index in [0.29, 0.717) is 55.3 Å². The smallest absolute Gasteiger partial charge is 0.320 e. The van der Waals surface area contributed by atoms with Crippen molar-refractivity contribution < 1.29 is 14.7 Å². The van der Waals surface area contributed by atoms with Crippen molar-refractivity contribution in [2.24, 2.45) is 40.4 Å². The molecule has 1 aliphatic heterocycles. The maximum absolute atomic E-state index is 13.2. The Morgan fingerprint density at radius 1 is 1.00 bits per heavy atom. The van der Waals surface area contributed by atoms with Crippen LogP contribution in [0.25, 0.3) is 0 Å². The molecule has 5 rings (SSSR count). The first-order chi connectivity index (χ1) is 18.6. The van der Waals surface area contributed by atoms with Crippen LogP contribution in [0.4, 0.5) is 4.79 Å². The van der Waals surface area contributed by atoms with Gasteiger partial charge in [0.15, 0.2) is 0 Å². The molecule has 39 heavy (non-hydrogen) atoms. The molecule has 4 aliphatic carbocycles. The van der Waals surface area contributed by atoms with Crippen molar-refractivity contribution >= 4 is 11.9 Å². The molecular weight excluding hydrogens is 486 g/mol. The van der Waals surface area contributed by atoms with Crippen LogP contribution in [0.1, 0.15) is 98.8 Å². The standard InChI is InChI=1S/C33H55N3O3/c1-6-34(7-2)31(39)36-20-18-35(19-21-36)30(38)13-8-23(3)27-11-12-28-26-10-9-24-22-25(37)14-16-32(24,4)29(26)15-17-33(27,28)5/h9,23,25-29,37H,6-8,10-22H2,1-5H3/t23-,25+,26+,27-,28+,29+,32+,33-/m1/s1. The molecule has 3 amide bonds. The van der Waals surface area contributed by atoms with E-state index < -0.39 is 0 Å². The Morgan fingerprint density at radius 2 is 1.69 bits per heavy atom. The third-order valence-electron chi connectivity index (χ3n) is 12.6. The molecule has 6 heteroatoms. The van der Waals surface area contributed by atoms with Crippen molar-refractivity contribution in [3.63, 3.8) is 0 Å². The number of urea groups is 1. The lowest BCUT2D eigenvalue weighted by atomic mass is 9.47. The van der Waals surface area contributed by atoms with Gasteiger partial charge in [0.25, 0.3) is 0 Å². The molecule has 4 fully saturated rings. The zero-order chi connectivity index (χ0) is 27.9. The van der Waals surface area contributed by atoms with E-state index in [2.05, 4.69) is 26.8 Å². The topological polar surface area (TPSA) is 64.1 Å². The van der Waals surface area contributed by atoms with Gasteiger partial charge in [-0.2, -0.15) is 0 Å². The van der Waals surface area contributed by atoms with E-state index >= 15 is 0 Å². The van der Waals surface area contributed by atoms with Gasteiger partial charge < -0.3 is 19.8 Å². The van der Waals surface area contributed by atoms with E-state index in [9.17, 15) is 14.7 Å². The Balaban J connectivity index is 1.15. The minimum atomic E-state index is -0.131. The summed E-state index contributed by atoms with van der Waals surface area (Å²) in [6, 6.07) is 0.110. The van der Waals surface area contributed by atoms with E-state index in [-0.39, 0.29) is 18.0 Å². The lowest BCUT2D eigenvalue weighted by Crippen LogP contribution is -2.54. The molecule has 1 heterocycles. The van der Waals surface area contributed by atoms with Crippen molar-refractivity contribution in [3.05, 3.63) is 11.6 Å². The monoisotopic (exact) mass is 541 g/mol. The summed E-state index contributed by atoms with van der Waals surface area (Å²) in [5.41, 5.74) is 2.26. The summed E-state index contributed by atoms with van der Waals surface area (Å²) in [6.07, 6.45) is 13.6. The van der Waals surface area contributed by atoms with Gasteiger partial charge in [0.1, 0.15) is 0 Å². The predicted octanol–water partition coefficient (Wildman–Crippen LogP) is 5.95. The van der Waals surface area contributed by atoms with Crippen LogP contribution >= 0.6 is 0 Å². The van der Waals surface area contributed by atoms with E-state index in [1.807, 2.05) is 28.5 Å². The third-order valence-corrected chi connectivity index (χ3v) is 12.6. The highest BCUT2D eigenvalue weighted by Crippen LogP contribution is 2.67. The Bertz CT molecular complexity index is 938. The second-order valence-electron chi connectivity index (χ2n) is 14.2. The zero-order valence-corrected chi connectivity index (χ0v) is 25.5. The third kappa shape index (κ3) is 5.17. The zero-order valence-electron chi connectivity index (χ0n) is 25.5. The fourth-order valence-corrected chi connectivity index (χ4v) is 10.2. The molecule has 5 aliphatic rings. The van der Waals surface area contributed by atoms with E-state index in [1.54, 1.807) is 5.57 Å². The summed E-state index contributed by atoms with van der Waals surface area (Å²) in [5.74, 6) is 3.94. The van der Waals surface area contributed by atoms with Crippen molar-refractivity contribution in [1.82, 2.24) is 14.7 Å². The second-order valence-corrected chi connectivity index (χ2v) is 14.2. The molecule has 1 saturated heterocycles. The molecule has 8 atom stereocenters. The van der Waals surface area contributed by atoms with Crippen LogP contribution in [0.15, 0.2) is 11.6 Å². The SMILES string of the molecule is CCN(CC)C(=O)N1CCN(C(=O)CC[C@@H](C)[C@H]2CC[C@H]3[C@@H]4CC=C5C[C@@H](O)CC[C@]5(C)[C@H]4CC[C@]23C)CC1. The second kappa shape index (κ2) is 11.4. The number of nitrogens with zero attached hydrogens (tertiary/aromatic N) is 3. The van der Waals surface area contributed by atoms with Gasteiger partial charge in [0, 0.05) is 45.7 Å². The van der Waals surface area contributed by atoms with Crippen molar-refractivity contribution in [3.8, 4) is 0 Å². The fraction of sp³-hybridized carbons (Fsp3) is 0.879. The molecular formula is C33H55N3O3. The number of hydrogen-bond acceptors (Lipinski definition) is 3. The molecule has 0 aromatic carbocycles. The summed E-state index contributed by atoms with van der Waals surface area (Å²) in [6.45, 7) is 15.7. The Labute approximate surface area is 237 Å². The quantitative estimate of drug-likeness (QED) is 0.423.